The maximum atomic E-state index is 13.2. The Hall–Kier alpha value is -0.730. The van der Waals surface area contributed by atoms with Gasteiger partial charge in [0.2, 0.25) is 10.0 Å². The van der Waals surface area contributed by atoms with Gasteiger partial charge in [0, 0.05) is 6.54 Å². The number of piperidine rings is 1. The van der Waals surface area contributed by atoms with Crippen LogP contribution in [0.4, 0.5) is 9.52 Å². The van der Waals surface area contributed by atoms with E-state index in [4.69, 9.17) is 5.14 Å². The van der Waals surface area contributed by atoms with Crippen molar-refractivity contribution in [1.82, 2.24) is 4.98 Å². The Kier molecular flexibility index (Phi) is 3.13. The van der Waals surface area contributed by atoms with E-state index in [-0.39, 0.29) is 10.8 Å². The van der Waals surface area contributed by atoms with Gasteiger partial charge in [0.25, 0.3) is 0 Å². The molecule has 1 unspecified atom stereocenters. The van der Waals surface area contributed by atoms with Crippen LogP contribution >= 0.6 is 11.3 Å². The highest BCUT2D eigenvalue weighted by Crippen LogP contribution is 2.28. The summed E-state index contributed by atoms with van der Waals surface area (Å²) in [7, 11) is -3.70. The summed E-state index contributed by atoms with van der Waals surface area (Å²) in [6.45, 7) is 0.982. The molecule has 1 aliphatic rings. The highest BCUT2D eigenvalue weighted by molar-refractivity contribution is 7.91. The highest BCUT2D eigenvalue weighted by Gasteiger charge is 2.23. The Morgan fingerprint density at radius 3 is 2.94 bits per heavy atom. The van der Waals surface area contributed by atoms with Crippen LogP contribution in [0.5, 0.6) is 0 Å². The predicted molar refractivity (Wildman–Crippen MR) is 59.8 cm³/mol. The van der Waals surface area contributed by atoms with Crippen molar-refractivity contribution >= 4 is 26.5 Å². The number of hydrogen-bond acceptors (Lipinski definition) is 5. The molecule has 1 aliphatic heterocycles. The number of sulfonamides is 1. The fourth-order valence-electron chi connectivity index (χ4n) is 1.63. The number of rotatable bonds is 2. The molecular weight excluding hydrogens is 253 g/mol. The summed E-state index contributed by atoms with van der Waals surface area (Å²) in [5, 5.41) is 5.50. The second kappa shape index (κ2) is 4.27. The predicted octanol–water partition coefficient (Wildman–Crippen LogP) is 0.729. The lowest BCUT2D eigenvalue weighted by molar-refractivity contribution is 0.286. The lowest BCUT2D eigenvalue weighted by Gasteiger charge is -2.28. The second-order valence-corrected chi connectivity index (χ2v) is 6.49. The van der Waals surface area contributed by atoms with Crippen molar-refractivity contribution in [2.24, 2.45) is 5.14 Å². The maximum absolute atomic E-state index is 13.2. The number of anilines is 1. The van der Waals surface area contributed by atoms with Gasteiger partial charge in [-0.3, -0.25) is 0 Å². The lowest BCUT2D eigenvalue weighted by atomic mass is 10.1. The van der Waals surface area contributed by atoms with Crippen LogP contribution < -0.4 is 10.0 Å². The maximum Gasteiger partial charge on any atom is 0.249 e. The van der Waals surface area contributed by atoms with E-state index in [1.165, 1.54) is 6.20 Å². The topological polar surface area (TPSA) is 76.3 Å². The molecule has 0 radical (unpaired) electrons. The fraction of sp³-hybridized carbons (Fsp3) is 0.625. The van der Waals surface area contributed by atoms with E-state index in [1.807, 2.05) is 0 Å². The number of halogens is 1. The van der Waals surface area contributed by atoms with Crippen LogP contribution in [0.25, 0.3) is 0 Å². The highest BCUT2D eigenvalue weighted by atomic mass is 32.2. The fourth-order valence-corrected chi connectivity index (χ4v) is 3.20. The van der Waals surface area contributed by atoms with Crippen LogP contribution in [0.1, 0.15) is 12.8 Å². The first-order valence-electron chi connectivity index (χ1n) is 4.84. The summed E-state index contributed by atoms with van der Waals surface area (Å²) in [6, 6.07) is 0. The monoisotopic (exact) mass is 265 g/mol. The first-order chi connectivity index (χ1) is 7.47. The Morgan fingerprint density at radius 2 is 2.38 bits per heavy atom. The summed E-state index contributed by atoms with van der Waals surface area (Å²) in [5.74, 6) is 0. The third-order valence-corrected chi connectivity index (χ3v) is 4.85. The molecule has 90 valence electrons. The van der Waals surface area contributed by atoms with Gasteiger partial charge in [-0.1, -0.05) is 11.3 Å². The van der Waals surface area contributed by atoms with Gasteiger partial charge in [-0.25, -0.2) is 22.9 Å². The summed E-state index contributed by atoms with van der Waals surface area (Å²) < 4.78 is 35.3. The molecule has 16 heavy (non-hydrogen) atoms. The molecule has 1 aromatic rings. The van der Waals surface area contributed by atoms with E-state index in [0.29, 0.717) is 18.1 Å². The molecule has 1 saturated heterocycles. The van der Waals surface area contributed by atoms with E-state index >= 15 is 0 Å². The van der Waals surface area contributed by atoms with Crippen LogP contribution in [0.2, 0.25) is 0 Å². The average molecular weight is 265 g/mol. The SMILES string of the molecule is NS(=O)(=O)c1cnc(N2CCCC(F)C2)s1. The minimum atomic E-state index is -3.70. The molecule has 0 aliphatic carbocycles. The Bertz CT molecular complexity index is 473. The zero-order chi connectivity index (χ0) is 11.8. The van der Waals surface area contributed by atoms with Crippen molar-refractivity contribution in [2.75, 3.05) is 18.0 Å². The van der Waals surface area contributed by atoms with Crippen molar-refractivity contribution in [1.29, 1.82) is 0 Å². The number of alkyl halides is 1. The molecule has 0 aromatic carbocycles. The standard InChI is InChI=1S/C8H12FN3O2S2/c9-6-2-1-3-12(5-6)8-11-4-7(15-8)16(10,13)14/h4,6H,1-3,5H2,(H2,10,13,14). The van der Waals surface area contributed by atoms with Crippen molar-refractivity contribution in [3.63, 3.8) is 0 Å². The van der Waals surface area contributed by atoms with E-state index < -0.39 is 16.2 Å². The third-order valence-electron chi connectivity index (χ3n) is 2.39. The molecule has 1 aromatic heterocycles. The molecule has 1 fully saturated rings. The summed E-state index contributed by atoms with van der Waals surface area (Å²) in [5.41, 5.74) is 0. The molecule has 2 rings (SSSR count). The number of aromatic nitrogens is 1. The molecule has 0 spiro atoms. The molecule has 5 nitrogen and oxygen atoms in total. The number of nitrogens with two attached hydrogens (primary N) is 1. The minimum Gasteiger partial charge on any atom is -0.345 e. The molecule has 2 N–H and O–H groups in total. The van der Waals surface area contributed by atoms with Crippen molar-refractivity contribution < 1.29 is 12.8 Å². The van der Waals surface area contributed by atoms with Crippen LogP contribution in [0, 0.1) is 0 Å². The molecular formula is C8H12FN3O2S2. The van der Waals surface area contributed by atoms with Crippen molar-refractivity contribution in [3.05, 3.63) is 6.20 Å². The van der Waals surface area contributed by atoms with E-state index in [2.05, 4.69) is 4.98 Å². The molecule has 0 saturated carbocycles. The van der Waals surface area contributed by atoms with E-state index in [0.717, 1.165) is 17.8 Å². The Balaban J connectivity index is 2.18. The largest absolute Gasteiger partial charge is 0.345 e. The Labute approximate surface area is 97.1 Å². The van der Waals surface area contributed by atoms with Gasteiger partial charge in [-0.2, -0.15) is 0 Å². The van der Waals surface area contributed by atoms with Crippen molar-refractivity contribution in [3.8, 4) is 0 Å². The molecule has 0 amide bonds. The van der Waals surface area contributed by atoms with Crippen LogP contribution in [-0.4, -0.2) is 32.7 Å². The molecule has 2 heterocycles. The van der Waals surface area contributed by atoms with Gasteiger partial charge in [0.05, 0.1) is 12.7 Å². The quantitative estimate of drug-likeness (QED) is 0.855. The smallest absolute Gasteiger partial charge is 0.249 e. The summed E-state index contributed by atoms with van der Waals surface area (Å²) >= 11 is 0.984. The number of thiazole rings is 1. The number of nitrogens with zero attached hydrogens (tertiary/aromatic N) is 2. The van der Waals surface area contributed by atoms with Crippen molar-refractivity contribution in [2.45, 2.75) is 23.2 Å². The van der Waals surface area contributed by atoms with Gasteiger partial charge >= 0.3 is 0 Å². The Morgan fingerprint density at radius 1 is 1.62 bits per heavy atom. The van der Waals surface area contributed by atoms with Gasteiger partial charge < -0.3 is 4.90 Å². The van der Waals surface area contributed by atoms with Gasteiger partial charge in [0.15, 0.2) is 9.34 Å². The lowest BCUT2D eigenvalue weighted by Crippen LogP contribution is -2.36. The van der Waals surface area contributed by atoms with Crippen LogP contribution in [0.15, 0.2) is 10.4 Å². The summed E-state index contributed by atoms with van der Waals surface area (Å²) in [4.78, 5) is 5.72. The molecule has 8 heteroatoms. The normalized spacial score (nSPS) is 22.4. The van der Waals surface area contributed by atoms with E-state index in [1.54, 1.807) is 4.90 Å². The van der Waals surface area contributed by atoms with Gasteiger partial charge in [0.1, 0.15) is 6.17 Å². The third kappa shape index (κ3) is 2.50. The minimum absolute atomic E-state index is 0.0171. The van der Waals surface area contributed by atoms with Crippen LogP contribution in [-0.2, 0) is 10.0 Å². The van der Waals surface area contributed by atoms with E-state index in [9.17, 15) is 12.8 Å². The number of hydrogen-bond donors (Lipinski definition) is 1. The average Bonchev–Trinajstić information content (AvgIpc) is 2.65. The van der Waals surface area contributed by atoms with Gasteiger partial charge in [-0.15, -0.1) is 0 Å². The molecule has 1 atom stereocenters. The second-order valence-electron chi connectivity index (χ2n) is 3.69. The molecule has 0 bridgehead atoms. The first kappa shape index (κ1) is 11.7. The number of primary sulfonamides is 1. The first-order valence-corrected chi connectivity index (χ1v) is 7.21. The van der Waals surface area contributed by atoms with Gasteiger partial charge in [-0.05, 0) is 12.8 Å². The van der Waals surface area contributed by atoms with Crippen LogP contribution in [0.3, 0.4) is 0 Å². The summed E-state index contributed by atoms with van der Waals surface area (Å²) in [6.07, 6.45) is 1.67. The zero-order valence-electron chi connectivity index (χ0n) is 8.47. The zero-order valence-corrected chi connectivity index (χ0v) is 10.1.